The summed E-state index contributed by atoms with van der Waals surface area (Å²) in [5.41, 5.74) is -0.886. The van der Waals surface area contributed by atoms with Crippen molar-refractivity contribution in [1.29, 1.82) is 0 Å². The SMILES string of the molecule is C=C1C[C@@]23C[C@H]4[C@@H]5[C@@]6(C)C[C@H](O)C[C@@]57[C@@H]2[C@@H](O)[C@@H]1[C@H](O)[C@]3(O)[C@H]7N4C6. The Morgan fingerprint density at radius 3 is 2.64 bits per heavy atom. The van der Waals surface area contributed by atoms with E-state index in [1.165, 1.54) is 0 Å². The zero-order valence-corrected chi connectivity index (χ0v) is 14.6. The van der Waals surface area contributed by atoms with Gasteiger partial charge in [-0.1, -0.05) is 19.1 Å². The van der Waals surface area contributed by atoms with Crippen molar-refractivity contribution in [3.63, 3.8) is 0 Å². The molecule has 2 spiro atoms. The topological polar surface area (TPSA) is 84.2 Å². The smallest absolute Gasteiger partial charge is 0.113 e. The van der Waals surface area contributed by atoms with Crippen LogP contribution in [0.15, 0.2) is 12.2 Å². The van der Waals surface area contributed by atoms with E-state index in [4.69, 9.17) is 0 Å². The Labute approximate surface area is 147 Å². The fourth-order valence-electron chi connectivity index (χ4n) is 10.7. The summed E-state index contributed by atoms with van der Waals surface area (Å²) in [6, 6.07) is 0.320. The molecular formula is C20H27NO4. The van der Waals surface area contributed by atoms with Crippen molar-refractivity contribution in [2.45, 2.75) is 68.6 Å². The van der Waals surface area contributed by atoms with Crippen LogP contribution in [-0.2, 0) is 0 Å². The summed E-state index contributed by atoms with van der Waals surface area (Å²) in [6.45, 7) is 7.38. The number of nitrogens with zero attached hydrogens (tertiary/aromatic N) is 1. The first-order valence-electron chi connectivity index (χ1n) is 9.92. The Bertz CT molecular complexity index is 756. The first-order chi connectivity index (χ1) is 11.7. The largest absolute Gasteiger partial charge is 0.393 e. The Hall–Kier alpha value is -0.460. The second kappa shape index (κ2) is 3.49. The predicted molar refractivity (Wildman–Crippen MR) is 88.3 cm³/mol. The molecule has 9 aliphatic rings. The fraction of sp³-hybridized carbons (Fsp3) is 0.900. The van der Waals surface area contributed by atoms with Crippen LogP contribution in [0, 0.1) is 34.0 Å². The summed E-state index contributed by atoms with van der Waals surface area (Å²) in [4.78, 5) is 2.49. The minimum absolute atomic E-state index is 0.0188. The van der Waals surface area contributed by atoms with Gasteiger partial charge in [-0.15, -0.1) is 0 Å². The Morgan fingerprint density at radius 1 is 1.12 bits per heavy atom. The van der Waals surface area contributed by atoms with Gasteiger partial charge in [0.1, 0.15) is 5.60 Å². The van der Waals surface area contributed by atoms with Crippen molar-refractivity contribution in [1.82, 2.24) is 4.90 Å². The summed E-state index contributed by atoms with van der Waals surface area (Å²) < 4.78 is 0. The lowest BCUT2D eigenvalue weighted by Gasteiger charge is -2.67. The van der Waals surface area contributed by atoms with Gasteiger partial charge in [0.05, 0.1) is 18.3 Å². The monoisotopic (exact) mass is 345 g/mol. The molecule has 6 aliphatic carbocycles. The van der Waals surface area contributed by atoms with E-state index in [2.05, 4.69) is 18.4 Å². The third-order valence-electron chi connectivity index (χ3n) is 10.3. The molecule has 1 unspecified atom stereocenters. The lowest BCUT2D eigenvalue weighted by atomic mass is 9.39. The molecule has 9 fully saturated rings. The van der Waals surface area contributed by atoms with Crippen LogP contribution in [0.5, 0.6) is 0 Å². The average Bonchev–Trinajstić information content (AvgIpc) is 2.90. The molecule has 3 saturated heterocycles. The highest BCUT2D eigenvalue weighted by atomic mass is 16.4. The maximum absolute atomic E-state index is 12.1. The number of rotatable bonds is 0. The lowest BCUT2D eigenvalue weighted by Crippen LogP contribution is -2.76. The van der Waals surface area contributed by atoms with Gasteiger partial charge >= 0.3 is 0 Å². The molecule has 4 N–H and O–H groups in total. The third kappa shape index (κ3) is 1.02. The second-order valence-electron chi connectivity index (χ2n) is 10.9. The number of piperidine rings is 2. The van der Waals surface area contributed by atoms with Crippen molar-refractivity contribution >= 4 is 0 Å². The molecule has 3 heterocycles. The standard InChI is InChI=1S/C20H27NO4/c1-8-3-18-6-10-13-17(2)4-9(22)5-19(13)14(18)12(23)11(8)15(24)20(18,25)16(19)21(10)7-17/h9-16,22-25H,1,3-7H2,2H3/t9-,10-,11+,12-,13+,14+,15-,16-,17-,18+,19-,20-/m0/s1. The zero-order chi connectivity index (χ0) is 17.3. The van der Waals surface area contributed by atoms with Crippen molar-refractivity contribution in [2.24, 2.45) is 34.0 Å². The molecule has 0 aromatic heterocycles. The van der Waals surface area contributed by atoms with Gasteiger partial charge in [-0.3, -0.25) is 4.90 Å². The Balaban J connectivity index is 1.57. The average molecular weight is 345 g/mol. The van der Waals surface area contributed by atoms with Crippen LogP contribution in [0.2, 0.25) is 0 Å². The molecule has 5 heteroatoms. The second-order valence-corrected chi connectivity index (χ2v) is 10.9. The van der Waals surface area contributed by atoms with Crippen LogP contribution in [-0.4, -0.2) is 67.9 Å². The van der Waals surface area contributed by atoms with Gasteiger partial charge in [0, 0.05) is 41.3 Å². The highest BCUT2D eigenvalue weighted by molar-refractivity contribution is 5.48. The van der Waals surface area contributed by atoms with E-state index < -0.39 is 29.1 Å². The van der Waals surface area contributed by atoms with Crippen molar-refractivity contribution in [3.8, 4) is 0 Å². The van der Waals surface area contributed by atoms with E-state index in [1.807, 2.05) is 0 Å². The first kappa shape index (κ1) is 14.6. The molecule has 6 saturated carbocycles. The van der Waals surface area contributed by atoms with Crippen LogP contribution in [0.3, 0.4) is 0 Å². The van der Waals surface area contributed by atoms with Crippen molar-refractivity contribution in [2.75, 3.05) is 6.54 Å². The third-order valence-corrected chi connectivity index (χ3v) is 10.3. The highest BCUT2D eigenvalue weighted by Crippen LogP contribution is 2.87. The lowest BCUT2D eigenvalue weighted by molar-refractivity contribution is -0.280. The predicted octanol–water partition coefficient (Wildman–Crippen LogP) is -0.121. The molecule has 5 nitrogen and oxygen atoms in total. The normalized spacial score (nSPS) is 76.5. The van der Waals surface area contributed by atoms with Crippen molar-refractivity contribution in [3.05, 3.63) is 12.2 Å². The molecule has 25 heavy (non-hydrogen) atoms. The van der Waals surface area contributed by atoms with E-state index in [0.29, 0.717) is 18.4 Å². The summed E-state index contributed by atoms with van der Waals surface area (Å²) in [5, 5.41) is 45.4. The molecular weight excluding hydrogens is 318 g/mol. The van der Waals surface area contributed by atoms with Gasteiger partial charge < -0.3 is 20.4 Å². The molecule has 3 aliphatic heterocycles. The Kier molecular flexibility index (Phi) is 2.04. The first-order valence-corrected chi connectivity index (χ1v) is 9.92. The number of hydrogen-bond acceptors (Lipinski definition) is 5. The Morgan fingerprint density at radius 2 is 1.88 bits per heavy atom. The van der Waals surface area contributed by atoms with Crippen LogP contribution in [0.1, 0.15) is 32.6 Å². The zero-order valence-electron chi connectivity index (χ0n) is 14.6. The van der Waals surface area contributed by atoms with Crippen LogP contribution in [0.4, 0.5) is 0 Å². The summed E-state index contributed by atoms with van der Waals surface area (Å²) in [7, 11) is 0. The van der Waals surface area contributed by atoms with E-state index >= 15 is 0 Å². The molecule has 13 atom stereocenters. The summed E-state index contributed by atoms with van der Waals surface area (Å²) in [6.07, 6.45) is 1.15. The molecule has 0 radical (unpaired) electrons. The molecule has 0 amide bonds. The molecule has 9 rings (SSSR count). The number of aliphatic hydroxyl groups is 4. The summed E-state index contributed by atoms with van der Waals surface area (Å²) >= 11 is 0. The molecule has 9 bridgehead atoms. The van der Waals surface area contributed by atoms with Crippen LogP contribution >= 0.6 is 0 Å². The molecule has 0 aromatic carbocycles. The molecule has 0 aromatic rings. The maximum atomic E-state index is 12.1. The minimum Gasteiger partial charge on any atom is -0.393 e. The van der Waals surface area contributed by atoms with E-state index in [9.17, 15) is 20.4 Å². The minimum atomic E-state index is -1.16. The maximum Gasteiger partial charge on any atom is 0.113 e. The van der Waals surface area contributed by atoms with Gasteiger partial charge in [-0.2, -0.15) is 0 Å². The van der Waals surface area contributed by atoms with E-state index in [1.54, 1.807) is 0 Å². The summed E-state index contributed by atoms with van der Waals surface area (Å²) in [5.74, 6) is -0.0124. The van der Waals surface area contributed by atoms with Gasteiger partial charge in [0.2, 0.25) is 0 Å². The number of hydrogen-bond donors (Lipinski definition) is 4. The quantitative estimate of drug-likeness (QED) is 0.460. The van der Waals surface area contributed by atoms with Crippen molar-refractivity contribution < 1.29 is 20.4 Å². The van der Waals surface area contributed by atoms with Gasteiger partial charge in [-0.25, -0.2) is 0 Å². The number of fused-ring (bicyclic) bond motifs is 1. The van der Waals surface area contributed by atoms with Gasteiger partial charge in [-0.05, 0) is 37.0 Å². The van der Waals surface area contributed by atoms with E-state index in [-0.39, 0.29) is 28.9 Å². The van der Waals surface area contributed by atoms with Gasteiger partial charge in [0.25, 0.3) is 0 Å². The highest BCUT2D eigenvalue weighted by Gasteiger charge is 2.94. The van der Waals surface area contributed by atoms with Crippen LogP contribution in [0.25, 0.3) is 0 Å². The van der Waals surface area contributed by atoms with Crippen LogP contribution < -0.4 is 0 Å². The van der Waals surface area contributed by atoms with Gasteiger partial charge in [0.15, 0.2) is 0 Å². The fourth-order valence-corrected chi connectivity index (χ4v) is 10.7. The van der Waals surface area contributed by atoms with E-state index in [0.717, 1.165) is 31.4 Å². The molecule has 136 valence electrons. The number of aliphatic hydroxyl groups excluding tert-OH is 3.